The van der Waals surface area contributed by atoms with E-state index < -0.39 is 0 Å². The summed E-state index contributed by atoms with van der Waals surface area (Å²) in [4.78, 5) is 7.99. The van der Waals surface area contributed by atoms with Crippen LogP contribution in [0.1, 0.15) is 16.7 Å². The Morgan fingerprint density at radius 1 is 0.846 bits per heavy atom. The minimum Gasteiger partial charge on any atom is -0.333 e. The van der Waals surface area contributed by atoms with Crippen LogP contribution in [0.3, 0.4) is 0 Å². The lowest BCUT2D eigenvalue weighted by molar-refractivity contribution is 0.946. The number of benzene rings is 3. The summed E-state index contributed by atoms with van der Waals surface area (Å²) in [5.74, 6) is 0.901. The molecule has 0 saturated heterocycles. The van der Waals surface area contributed by atoms with Crippen molar-refractivity contribution in [1.82, 2.24) is 9.97 Å². The fourth-order valence-electron chi connectivity index (χ4n) is 3.04. The lowest BCUT2D eigenvalue weighted by Gasteiger charge is -2.09. The summed E-state index contributed by atoms with van der Waals surface area (Å²) in [5, 5.41) is 1.66. The van der Waals surface area contributed by atoms with Gasteiger partial charge in [0, 0.05) is 10.8 Å². The molecule has 4 heteroatoms. The van der Waals surface area contributed by atoms with Crippen molar-refractivity contribution in [3.05, 3.63) is 94.5 Å². The molecule has 3 aromatic carbocycles. The second-order valence-corrected chi connectivity index (χ2v) is 7.65. The number of imidazole rings is 1. The van der Waals surface area contributed by atoms with Crippen LogP contribution >= 0.6 is 23.4 Å². The van der Waals surface area contributed by atoms with Crippen LogP contribution in [-0.2, 0) is 18.6 Å². The van der Waals surface area contributed by atoms with Crippen LogP contribution in [0, 0.1) is 0 Å². The van der Waals surface area contributed by atoms with Crippen molar-refractivity contribution in [3.8, 4) is 0 Å². The molecule has 4 aromatic rings. The molecule has 130 valence electrons. The highest BCUT2D eigenvalue weighted by molar-refractivity contribution is 7.98. The van der Waals surface area contributed by atoms with Crippen molar-refractivity contribution in [2.75, 3.05) is 0 Å². The molecular formula is C22H19ClN2S. The van der Waals surface area contributed by atoms with Crippen LogP contribution < -0.4 is 0 Å². The first-order chi connectivity index (χ1) is 12.8. The van der Waals surface area contributed by atoms with E-state index in [9.17, 15) is 0 Å². The number of H-pyrrole nitrogens is 1. The number of fused-ring (bicyclic) bond motifs is 1. The molecule has 0 saturated carbocycles. The average Bonchev–Trinajstić information content (AvgIpc) is 3.08. The van der Waals surface area contributed by atoms with Gasteiger partial charge in [-0.15, -0.1) is 0 Å². The predicted molar refractivity (Wildman–Crippen MR) is 111 cm³/mol. The van der Waals surface area contributed by atoms with Crippen molar-refractivity contribution in [2.45, 2.75) is 23.8 Å². The van der Waals surface area contributed by atoms with E-state index >= 15 is 0 Å². The number of nitrogens with one attached hydrogen (secondary N) is 1. The molecule has 4 rings (SSSR count). The lowest BCUT2D eigenvalue weighted by Crippen LogP contribution is -1.96. The molecule has 0 spiro atoms. The maximum atomic E-state index is 6.05. The Morgan fingerprint density at radius 3 is 2.46 bits per heavy atom. The Kier molecular flexibility index (Phi) is 5.28. The highest BCUT2D eigenvalue weighted by Gasteiger charge is 2.07. The number of aryl methyl sites for hydroxylation is 2. The third-order valence-corrected chi connectivity index (χ3v) is 5.59. The summed E-state index contributed by atoms with van der Waals surface area (Å²) in [5.41, 5.74) is 6.09. The standard InChI is InChI=1S/C22H19ClN2S/c23-19-12-13-20-21(14-19)25-22(24-20)26-15-18-9-5-4-8-17(18)11-10-16-6-2-1-3-7-16/h1-9,12-14H,10-11,15H2,(H,24,25). The minimum atomic E-state index is 0.726. The summed E-state index contributed by atoms with van der Waals surface area (Å²) >= 11 is 7.78. The number of rotatable bonds is 6. The molecule has 1 heterocycles. The summed E-state index contributed by atoms with van der Waals surface area (Å²) < 4.78 is 0. The Hall–Kier alpha value is -2.23. The first kappa shape index (κ1) is 17.2. The highest BCUT2D eigenvalue weighted by atomic mass is 35.5. The van der Waals surface area contributed by atoms with Crippen molar-refractivity contribution in [2.24, 2.45) is 0 Å². The molecule has 0 bridgehead atoms. The van der Waals surface area contributed by atoms with Crippen LogP contribution in [0.5, 0.6) is 0 Å². The van der Waals surface area contributed by atoms with Gasteiger partial charge in [0.05, 0.1) is 11.0 Å². The fourth-order valence-corrected chi connectivity index (χ4v) is 4.13. The van der Waals surface area contributed by atoms with Gasteiger partial charge in [-0.1, -0.05) is 78.0 Å². The SMILES string of the molecule is Clc1ccc2nc(SCc3ccccc3CCc3ccccc3)[nH]c2c1. The molecule has 1 N–H and O–H groups in total. The molecule has 0 atom stereocenters. The summed E-state index contributed by atoms with van der Waals surface area (Å²) in [6, 6.07) is 25.1. The zero-order valence-electron chi connectivity index (χ0n) is 14.3. The van der Waals surface area contributed by atoms with Gasteiger partial charge in [-0.3, -0.25) is 0 Å². The smallest absolute Gasteiger partial charge is 0.166 e. The normalized spacial score (nSPS) is 11.1. The first-order valence-corrected chi connectivity index (χ1v) is 10.0. The Bertz CT molecular complexity index is 1010. The molecule has 0 aliphatic carbocycles. The van der Waals surface area contributed by atoms with E-state index in [2.05, 4.69) is 64.6 Å². The number of aromatic nitrogens is 2. The first-order valence-electron chi connectivity index (χ1n) is 8.67. The van der Waals surface area contributed by atoms with Crippen molar-refractivity contribution in [1.29, 1.82) is 0 Å². The molecule has 0 aliphatic rings. The molecule has 1 aromatic heterocycles. The van der Waals surface area contributed by atoms with Gasteiger partial charge in [-0.2, -0.15) is 0 Å². The molecule has 0 aliphatic heterocycles. The number of hydrogen-bond donors (Lipinski definition) is 1. The van der Waals surface area contributed by atoms with Gasteiger partial charge in [0.15, 0.2) is 5.16 Å². The Labute approximate surface area is 162 Å². The van der Waals surface area contributed by atoms with Gasteiger partial charge >= 0.3 is 0 Å². The Morgan fingerprint density at radius 2 is 1.62 bits per heavy atom. The minimum absolute atomic E-state index is 0.726. The number of nitrogens with zero attached hydrogens (tertiary/aromatic N) is 1. The van der Waals surface area contributed by atoms with Gasteiger partial charge in [0.1, 0.15) is 0 Å². The predicted octanol–water partition coefficient (Wildman–Crippen LogP) is 6.29. The highest BCUT2D eigenvalue weighted by Crippen LogP contribution is 2.26. The van der Waals surface area contributed by atoms with Crippen LogP contribution in [0.4, 0.5) is 0 Å². The van der Waals surface area contributed by atoms with Crippen molar-refractivity contribution < 1.29 is 0 Å². The molecule has 0 fully saturated rings. The Balaban J connectivity index is 1.45. The van der Waals surface area contributed by atoms with Gasteiger partial charge < -0.3 is 4.98 Å². The maximum absolute atomic E-state index is 6.05. The topological polar surface area (TPSA) is 28.7 Å². The van der Waals surface area contributed by atoms with Crippen molar-refractivity contribution in [3.63, 3.8) is 0 Å². The number of thioether (sulfide) groups is 1. The quantitative estimate of drug-likeness (QED) is 0.399. The van der Waals surface area contributed by atoms with Gasteiger partial charge in [-0.25, -0.2) is 4.98 Å². The monoisotopic (exact) mass is 378 g/mol. The third-order valence-electron chi connectivity index (χ3n) is 4.43. The zero-order chi connectivity index (χ0) is 17.8. The number of hydrogen-bond acceptors (Lipinski definition) is 2. The van der Waals surface area contributed by atoms with Gasteiger partial charge in [-0.05, 0) is 47.7 Å². The van der Waals surface area contributed by atoms with Crippen LogP contribution in [-0.4, -0.2) is 9.97 Å². The summed E-state index contributed by atoms with van der Waals surface area (Å²) in [6.45, 7) is 0. The van der Waals surface area contributed by atoms with E-state index in [0.717, 1.165) is 39.8 Å². The molecule has 0 unspecified atom stereocenters. The van der Waals surface area contributed by atoms with Gasteiger partial charge in [0.2, 0.25) is 0 Å². The largest absolute Gasteiger partial charge is 0.333 e. The van der Waals surface area contributed by atoms with E-state index in [1.807, 2.05) is 18.2 Å². The van der Waals surface area contributed by atoms with Crippen LogP contribution in [0.15, 0.2) is 78.0 Å². The van der Waals surface area contributed by atoms with Crippen molar-refractivity contribution >= 4 is 34.4 Å². The number of halogens is 1. The molecule has 26 heavy (non-hydrogen) atoms. The van der Waals surface area contributed by atoms with E-state index in [0.29, 0.717) is 0 Å². The number of aromatic amines is 1. The second kappa shape index (κ2) is 7.98. The average molecular weight is 379 g/mol. The molecule has 2 nitrogen and oxygen atoms in total. The van der Waals surface area contributed by atoms with E-state index in [1.165, 1.54) is 16.7 Å². The summed E-state index contributed by atoms with van der Waals surface area (Å²) in [7, 11) is 0. The fraction of sp³-hybridized carbons (Fsp3) is 0.136. The maximum Gasteiger partial charge on any atom is 0.166 e. The lowest BCUT2D eigenvalue weighted by atomic mass is 10.0. The van der Waals surface area contributed by atoms with Gasteiger partial charge in [0.25, 0.3) is 0 Å². The van der Waals surface area contributed by atoms with E-state index in [1.54, 1.807) is 11.8 Å². The second-order valence-electron chi connectivity index (χ2n) is 6.25. The molecular weight excluding hydrogens is 360 g/mol. The third kappa shape index (κ3) is 4.12. The van der Waals surface area contributed by atoms with E-state index in [-0.39, 0.29) is 0 Å². The molecule has 0 amide bonds. The summed E-state index contributed by atoms with van der Waals surface area (Å²) in [6.07, 6.45) is 2.11. The van der Waals surface area contributed by atoms with Crippen LogP contribution in [0.2, 0.25) is 5.02 Å². The van der Waals surface area contributed by atoms with Crippen LogP contribution in [0.25, 0.3) is 11.0 Å². The van der Waals surface area contributed by atoms with E-state index in [4.69, 9.17) is 11.6 Å². The molecule has 0 radical (unpaired) electrons. The zero-order valence-corrected chi connectivity index (χ0v) is 15.9.